The number of carbonyl (C=O) groups is 2. The molecule has 3 aromatic carbocycles. The molecule has 0 bridgehead atoms. The fourth-order valence-electron chi connectivity index (χ4n) is 5.32. The van der Waals surface area contributed by atoms with Crippen molar-refractivity contribution in [2.75, 3.05) is 33.5 Å². The molecule has 1 aliphatic heterocycles. The highest BCUT2D eigenvalue weighted by atomic mass is 35.5. The van der Waals surface area contributed by atoms with E-state index in [-0.39, 0.29) is 22.8 Å². The molecule has 4 aromatic rings. The van der Waals surface area contributed by atoms with E-state index in [9.17, 15) is 14.4 Å². The van der Waals surface area contributed by atoms with Crippen molar-refractivity contribution in [3.8, 4) is 23.0 Å². The summed E-state index contributed by atoms with van der Waals surface area (Å²) in [4.78, 5) is 43.9. The zero-order valence-corrected chi connectivity index (χ0v) is 29.9. The smallest absolute Gasteiger partial charge is 0.338 e. The van der Waals surface area contributed by atoms with Crippen LogP contribution in [0.3, 0.4) is 0 Å². The van der Waals surface area contributed by atoms with Gasteiger partial charge < -0.3 is 28.4 Å². The number of rotatable bonds is 14. The van der Waals surface area contributed by atoms with Crippen molar-refractivity contribution in [1.82, 2.24) is 4.57 Å². The highest BCUT2D eigenvalue weighted by Crippen LogP contribution is 2.38. The number of nitrogens with zero attached hydrogens (tertiary/aromatic N) is 2. The normalized spacial score (nSPS) is 13.8. The van der Waals surface area contributed by atoms with Crippen molar-refractivity contribution >= 4 is 41.0 Å². The van der Waals surface area contributed by atoms with Crippen LogP contribution < -0.4 is 33.8 Å². The third-order valence-corrected chi connectivity index (χ3v) is 8.76. The standard InChI is InChI=1S/C37H37ClN2O9S/c1-6-45-28-15-14-25(19-29(28)46-7-2)32-26(36(43)44-5)20-39-37-40(32)34(41)31(50-37)18-23-16-27(38)33(30(17-23)47-8-3)49-21-22-10-12-24(13-11-22)35(42)48-9-4/h10-20,32H,6-9,21H2,1-5H3/b31-18+/t32-/m1/s1. The summed E-state index contributed by atoms with van der Waals surface area (Å²) in [5.74, 6) is 0.769. The Labute approximate surface area is 297 Å². The number of benzene rings is 3. The maximum Gasteiger partial charge on any atom is 0.338 e. The van der Waals surface area contributed by atoms with Gasteiger partial charge >= 0.3 is 11.9 Å². The number of fused-ring (bicyclic) bond motifs is 1. The minimum absolute atomic E-state index is 0.167. The van der Waals surface area contributed by atoms with Gasteiger partial charge in [-0.2, -0.15) is 0 Å². The Morgan fingerprint density at radius 3 is 2.24 bits per heavy atom. The minimum atomic E-state index is -0.833. The number of hydrogen-bond acceptors (Lipinski definition) is 11. The predicted octanol–water partition coefficient (Wildman–Crippen LogP) is 5.62. The summed E-state index contributed by atoms with van der Waals surface area (Å²) in [7, 11) is 1.28. The van der Waals surface area contributed by atoms with Gasteiger partial charge in [-0.15, -0.1) is 0 Å². The average Bonchev–Trinajstić information content (AvgIpc) is 3.42. The molecule has 0 saturated carbocycles. The molecule has 0 N–H and O–H groups in total. The number of ether oxygens (including phenoxy) is 6. The lowest BCUT2D eigenvalue weighted by molar-refractivity contribution is -0.136. The summed E-state index contributed by atoms with van der Waals surface area (Å²) >= 11 is 7.90. The van der Waals surface area contributed by atoms with E-state index < -0.39 is 18.0 Å². The fraction of sp³-hybridized carbons (Fsp3) is 0.297. The maximum atomic E-state index is 14.1. The van der Waals surface area contributed by atoms with Crippen LogP contribution in [0.5, 0.6) is 23.0 Å². The van der Waals surface area contributed by atoms with Crippen LogP contribution in [0.1, 0.15) is 60.8 Å². The van der Waals surface area contributed by atoms with Crippen LogP contribution in [0, 0.1) is 0 Å². The molecule has 0 spiro atoms. The lowest BCUT2D eigenvalue weighted by Gasteiger charge is -2.23. The second-order valence-electron chi connectivity index (χ2n) is 10.7. The summed E-state index contributed by atoms with van der Waals surface area (Å²) in [5.41, 5.74) is 2.30. The molecule has 0 saturated heterocycles. The second kappa shape index (κ2) is 16.6. The molecule has 1 aromatic heterocycles. The molecule has 0 unspecified atom stereocenters. The molecule has 11 nitrogen and oxygen atoms in total. The van der Waals surface area contributed by atoms with Gasteiger partial charge in [-0.3, -0.25) is 9.36 Å². The highest BCUT2D eigenvalue weighted by Gasteiger charge is 2.31. The number of thiazole rings is 1. The lowest BCUT2D eigenvalue weighted by Crippen LogP contribution is -2.39. The third-order valence-electron chi connectivity index (χ3n) is 7.49. The molecule has 262 valence electrons. The van der Waals surface area contributed by atoms with Crippen molar-refractivity contribution in [3.05, 3.63) is 113 Å². The molecular weight excluding hydrogens is 684 g/mol. The maximum absolute atomic E-state index is 14.1. The van der Waals surface area contributed by atoms with Crippen molar-refractivity contribution in [1.29, 1.82) is 0 Å². The summed E-state index contributed by atoms with van der Waals surface area (Å²) in [6.07, 6.45) is 3.13. The summed E-state index contributed by atoms with van der Waals surface area (Å²) in [5, 5.41) is 0.279. The summed E-state index contributed by atoms with van der Waals surface area (Å²) in [6.45, 7) is 8.97. The zero-order chi connectivity index (χ0) is 35.8. The zero-order valence-electron chi connectivity index (χ0n) is 28.3. The topological polar surface area (TPSA) is 124 Å². The van der Waals surface area contributed by atoms with Crippen LogP contribution in [0.25, 0.3) is 6.08 Å². The molecular formula is C37H37ClN2O9S. The van der Waals surface area contributed by atoms with Crippen LogP contribution in [0.2, 0.25) is 5.02 Å². The molecule has 0 amide bonds. The van der Waals surface area contributed by atoms with E-state index in [0.717, 1.165) is 5.56 Å². The van der Waals surface area contributed by atoms with E-state index in [1.165, 1.54) is 29.2 Å². The number of carbonyl (C=O) groups excluding carboxylic acids is 2. The van der Waals surface area contributed by atoms with Gasteiger partial charge in [0.25, 0.3) is 5.56 Å². The summed E-state index contributed by atoms with van der Waals surface area (Å²) in [6, 6.07) is 14.8. The Balaban J connectivity index is 1.51. The molecule has 5 rings (SSSR count). The molecule has 1 aliphatic rings. The van der Waals surface area contributed by atoms with Crippen molar-refractivity contribution in [2.45, 2.75) is 40.3 Å². The number of halogens is 1. The summed E-state index contributed by atoms with van der Waals surface area (Å²) < 4.78 is 35.5. The van der Waals surface area contributed by atoms with E-state index in [4.69, 9.17) is 40.0 Å². The van der Waals surface area contributed by atoms with E-state index in [2.05, 4.69) is 4.99 Å². The molecule has 2 heterocycles. The van der Waals surface area contributed by atoms with Gasteiger partial charge in [0.05, 0.1) is 60.3 Å². The van der Waals surface area contributed by atoms with Gasteiger partial charge in [-0.25, -0.2) is 14.6 Å². The van der Waals surface area contributed by atoms with Crippen LogP contribution in [0.4, 0.5) is 0 Å². The molecule has 0 radical (unpaired) electrons. The average molecular weight is 721 g/mol. The Hall–Kier alpha value is -5.07. The number of aromatic nitrogens is 1. The van der Waals surface area contributed by atoms with E-state index in [0.29, 0.717) is 75.4 Å². The van der Waals surface area contributed by atoms with E-state index >= 15 is 0 Å². The van der Waals surface area contributed by atoms with Crippen LogP contribution in [-0.2, 0) is 20.9 Å². The Morgan fingerprint density at radius 1 is 0.860 bits per heavy atom. The van der Waals surface area contributed by atoms with Crippen molar-refractivity contribution in [3.63, 3.8) is 0 Å². The molecule has 50 heavy (non-hydrogen) atoms. The van der Waals surface area contributed by atoms with Crippen LogP contribution in [0.15, 0.2) is 76.2 Å². The predicted molar refractivity (Wildman–Crippen MR) is 189 cm³/mol. The largest absolute Gasteiger partial charge is 0.490 e. The number of methoxy groups -OCH3 is 1. The van der Waals surface area contributed by atoms with Crippen LogP contribution in [-0.4, -0.2) is 50.0 Å². The molecule has 0 fully saturated rings. The lowest BCUT2D eigenvalue weighted by atomic mass is 9.97. The molecule has 13 heteroatoms. The Bertz CT molecular complexity index is 2090. The third kappa shape index (κ3) is 7.87. The van der Waals surface area contributed by atoms with Gasteiger partial charge in [0.1, 0.15) is 6.61 Å². The SMILES string of the molecule is CCOC(=O)c1ccc(COc2c(Cl)cc(/C=c3/sc4n(c3=O)[C@H](c3ccc(OCC)c(OCC)c3)C(C(=O)OC)=CN=4)cc2OCC)cc1. The molecule has 1 atom stereocenters. The van der Waals surface area contributed by atoms with E-state index in [1.807, 2.05) is 20.8 Å². The number of esters is 2. The first-order chi connectivity index (χ1) is 24.2. The van der Waals surface area contributed by atoms with Gasteiger partial charge in [0, 0.05) is 6.20 Å². The van der Waals surface area contributed by atoms with Crippen LogP contribution >= 0.6 is 22.9 Å². The highest BCUT2D eigenvalue weighted by molar-refractivity contribution is 7.07. The van der Waals surface area contributed by atoms with Gasteiger partial charge in [-0.1, -0.05) is 41.1 Å². The Kier molecular flexibility index (Phi) is 12.0. The van der Waals surface area contributed by atoms with Crippen molar-refractivity contribution < 1.29 is 38.0 Å². The number of hydrogen-bond donors (Lipinski definition) is 0. The second-order valence-corrected chi connectivity index (χ2v) is 12.1. The Morgan fingerprint density at radius 2 is 1.56 bits per heavy atom. The first-order valence-electron chi connectivity index (χ1n) is 16.1. The monoisotopic (exact) mass is 720 g/mol. The first kappa shape index (κ1) is 36.2. The van der Waals surface area contributed by atoms with Gasteiger partial charge in [0.2, 0.25) is 0 Å². The van der Waals surface area contributed by atoms with Gasteiger partial charge in [0.15, 0.2) is 27.8 Å². The quantitative estimate of drug-likeness (QED) is 0.153. The van der Waals surface area contributed by atoms with E-state index in [1.54, 1.807) is 67.6 Å². The van der Waals surface area contributed by atoms with Gasteiger partial charge in [-0.05, 0) is 86.9 Å². The molecule has 0 aliphatic carbocycles. The minimum Gasteiger partial charge on any atom is -0.490 e. The van der Waals surface area contributed by atoms with Crippen molar-refractivity contribution in [2.24, 2.45) is 4.99 Å². The fourth-order valence-corrected chi connectivity index (χ4v) is 6.56. The first-order valence-corrected chi connectivity index (χ1v) is 17.3.